The summed E-state index contributed by atoms with van der Waals surface area (Å²) in [6.45, 7) is 0.135. The molecule has 9 nitrogen and oxygen atoms in total. The van der Waals surface area contributed by atoms with Gasteiger partial charge in [-0.05, 0) is 0 Å². The highest BCUT2D eigenvalue weighted by Gasteiger charge is 2.13. The van der Waals surface area contributed by atoms with Crippen molar-refractivity contribution in [3.8, 4) is 0 Å². The van der Waals surface area contributed by atoms with Crippen LogP contribution in [0.4, 0.5) is 0 Å². The van der Waals surface area contributed by atoms with Crippen molar-refractivity contribution in [1.82, 2.24) is 15.8 Å². The Morgan fingerprint density at radius 1 is 1.83 bits per heavy atom. The van der Waals surface area contributed by atoms with E-state index in [1.807, 2.05) is 5.43 Å². The zero-order valence-corrected chi connectivity index (χ0v) is 5.93. The summed E-state index contributed by atoms with van der Waals surface area (Å²) in [5.41, 5.74) is 1.82. The molecule has 0 spiro atoms. The first kappa shape index (κ1) is 8.17. The van der Waals surface area contributed by atoms with Crippen LogP contribution in [0, 0.1) is 15.0 Å². The summed E-state index contributed by atoms with van der Waals surface area (Å²) in [6, 6.07) is 0. The van der Waals surface area contributed by atoms with E-state index in [4.69, 9.17) is 0 Å². The summed E-state index contributed by atoms with van der Waals surface area (Å²) >= 11 is 0. The molecule has 0 aliphatic carbocycles. The third-order valence-electron chi connectivity index (χ3n) is 1.13. The number of guanidine groups is 1. The zero-order valence-electron chi connectivity index (χ0n) is 5.93. The molecule has 1 aliphatic heterocycles. The molecule has 0 radical (unpaired) electrons. The Kier molecular flexibility index (Phi) is 2.35. The normalized spacial score (nSPS) is 16.0. The predicted octanol–water partition coefficient (Wildman–Crippen LogP) is -1.37. The fraction of sp³-hybridized carbons (Fsp3) is 0.667. The van der Waals surface area contributed by atoms with E-state index in [9.17, 15) is 15.0 Å². The lowest BCUT2D eigenvalue weighted by Gasteiger charge is -2.19. The summed E-state index contributed by atoms with van der Waals surface area (Å²) in [5.74, 6) is 0.0277. The largest absolute Gasteiger partial charge is 0.333 e. The first-order valence-corrected chi connectivity index (χ1v) is 3.00. The summed E-state index contributed by atoms with van der Waals surface area (Å²) in [6.07, 6.45) is 0. The van der Waals surface area contributed by atoms with Crippen LogP contribution in [0.1, 0.15) is 0 Å². The first-order valence-electron chi connectivity index (χ1n) is 3.00. The van der Waals surface area contributed by atoms with Gasteiger partial charge in [0.05, 0.1) is 5.29 Å². The van der Waals surface area contributed by atoms with Gasteiger partial charge in [-0.25, -0.2) is 20.1 Å². The van der Waals surface area contributed by atoms with Gasteiger partial charge in [0.2, 0.25) is 0 Å². The number of rotatable bonds is 2. The van der Waals surface area contributed by atoms with Crippen LogP contribution in [0.25, 0.3) is 0 Å². The van der Waals surface area contributed by atoms with Gasteiger partial charge in [0, 0.05) is 0 Å². The molecule has 12 heavy (non-hydrogen) atoms. The summed E-state index contributed by atoms with van der Waals surface area (Å²) in [7, 11) is 0. The van der Waals surface area contributed by atoms with E-state index < -0.39 is 5.03 Å². The van der Waals surface area contributed by atoms with Crippen molar-refractivity contribution in [3.63, 3.8) is 0 Å². The molecule has 0 amide bonds. The lowest BCUT2D eigenvalue weighted by atomic mass is 10.7. The van der Waals surface area contributed by atoms with Crippen LogP contribution < -0.4 is 10.7 Å². The van der Waals surface area contributed by atoms with Crippen LogP contribution in [0.15, 0.2) is 10.3 Å². The van der Waals surface area contributed by atoms with E-state index in [-0.39, 0.29) is 19.3 Å². The maximum absolute atomic E-state index is 9.90. The minimum Gasteiger partial charge on any atom is -0.333 e. The molecule has 0 atom stereocenters. The number of hydrogen-bond acceptors (Lipinski definition) is 6. The van der Waals surface area contributed by atoms with Gasteiger partial charge in [0.15, 0.2) is 5.03 Å². The minimum absolute atomic E-state index is 0.0205. The fourth-order valence-corrected chi connectivity index (χ4v) is 0.640. The van der Waals surface area contributed by atoms with Gasteiger partial charge in [-0.3, -0.25) is 0 Å². The number of nitrogens with one attached hydrogen (secondary N) is 2. The Bertz CT molecular complexity index is 226. The standard InChI is InChI=1S/C3H6N6O3/c10-7-8-1-4-3(5-2-8)6-9(11)12/h1-2H2,(H2,4,5,6). The summed E-state index contributed by atoms with van der Waals surface area (Å²) in [5, 5.41) is 15.3. The average Bonchev–Trinajstić information content (AvgIpc) is 2.05. The highest BCUT2D eigenvalue weighted by Crippen LogP contribution is 1.91. The Morgan fingerprint density at radius 2 is 2.58 bits per heavy atom. The molecule has 1 aliphatic rings. The molecule has 2 N–H and O–H groups in total. The van der Waals surface area contributed by atoms with Crippen molar-refractivity contribution in [2.75, 3.05) is 13.3 Å². The van der Waals surface area contributed by atoms with Crippen LogP contribution in [-0.2, 0) is 0 Å². The van der Waals surface area contributed by atoms with E-state index in [2.05, 4.69) is 15.6 Å². The van der Waals surface area contributed by atoms with Crippen LogP contribution >= 0.6 is 0 Å². The van der Waals surface area contributed by atoms with Crippen molar-refractivity contribution in [3.05, 3.63) is 15.0 Å². The van der Waals surface area contributed by atoms with Gasteiger partial charge >= 0.3 is 0 Å². The second-order valence-electron chi connectivity index (χ2n) is 1.94. The van der Waals surface area contributed by atoms with E-state index in [0.29, 0.717) is 0 Å². The molecule has 0 aromatic rings. The Labute approximate surface area is 66.5 Å². The zero-order chi connectivity index (χ0) is 8.97. The van der Waals surface area contributed by atoms with E-state index in [1.165, 1.54) is 0 Å². The number of nitro groups is 1. The maximum atomic E-state index is 9.90. The third-order valence-corrected chi connectivity index (χ3v) is 1.13. The molecular weight excluding hydrogens is 168 g/mol. The average molecular weight is 174 g/mol. The highest BCUT2D eigenvalue weighted by molar-refractivity contribution is 5.78. The number of hydrogen-bond donors (Lipinski definition) is 2. The van der Waals surface area contributed by atoms with E-state index >= 15 is 0 Å². The maximum Gasteiger partial charge on any atom is 0.257 e. The Morgan fingerprint density at radius 3 is 3.00 bits per heavy atom. The SMILES string of the molecule is O=NN1CN=C(N[N+](=O)[O-])NC1. The van der Waals surface area contributed by atoms with Crippen LogP contribution in [-0.4, -0.2) is 29.3 Å². The lowest BCUT2D eigenvalue weighted by molar-refractivity contribution is -0.525. The third kappa shape index (κ3) is 2.04. The first-order chi connectivity index (χ1) is 5.72. The van der Waals surface area contributed by atoms with Gasteiger partial charge < -0.3 is 5.32 Å². The summed E-state index contributed by atoms with van der Waals surface area (Å²) < 4.78 is 0. The number of nitrogens with zero attached hydrogens (tertiary/aromatic N) is 4. The van der Waals surface area contributed by atoms with E-state index in [1.54, 1.807) is 0 Å². The van der Waals surface area contributed by atoms with Crippen molar-refractivity contribution >= 4 is 5.96 Å². The van der Waals surface area contributed by atoms with Crippen molar-refractivity contribution in [2.24, 2.45) is 10.3 Å². The number of hydrazine groups is 1. The number of nitroso groups, excluding NO2 is 1. The van der Waals surface area contributed by atoms with Gasteiger partial charge in [0.1, 0.15) is 13.3 Å². The van der Waals surface area contributed by atoms with Gasteiger partial charge in [-0.2, -0.15) is 0 Å². The fourth-order valence-electron chi connectivity index (χ4n) is 0.640. The van der Waals surface area contributed by atoms with Gasteiger partial charge in [-0.15, -0.1) is 4.91 Å². The highest BCUT2D eigenvalue weighted by atomic mass is 16.7. The molecule has 0 aromatic carbocycles. The lowest BCUT2D eigenvalue weighted by Crippen LogP contribution is -2.48. The molecule has 9 heteroatoms. The smallest absolute Gasteiger partial charge is 0.257 e. The monoisotopic (exact) mass is 174 g/mol. The minimum atomic E-state index is -0.740. The Hall–Kier alpha value is -1.93. The van der Waals surface area contributed by atoms with Crippen molar-refractivity contribution in [1.29, 1.82) is 0 Å². The molecule has 1 heterocycles. The van der Waals surface area contributed by atoms with E-state index in [0.717, 1.165) is 5.01 Å². The quantitative estimate of drug-likeness (QED) is 0.303. The molecular formula is C3H6N6O3. The Balaban J connectivity index is 2.44. The van der Waals surface area contributed by atoms with Crippen LogP contribution in [0.5, 0.6) is 0 Å². The predicted molar refractivity (Wildman–Crippen MR) is 38.1 cm³/mol. The summed E-state index contributed by atoms with van der Waals surface area (Å²) in [4.78, 5) is 23.4. The molecule has 0 saturated heterocycles. The van der Waals surface area contributed by atoms with Crippen molar-refractivity contribution in [2.45, 2.75) is 0 Å². The van der Waals surface area contributed by atoms with Gasteiger partial charge in [-0.1, -0.05) is 5.43 Å². The molecule has 66 valence electrons. The van der Waals surface area contributed by atoms with Crippen LogP contribution in [0.3, 0.4) is 0 Å². The molecule has 0 saturated carbocycles. The molecule has 0 aromatic heterocycles. The number of aliphatic imine (C=N–C) groups is 1. The molecule has 0 bridgehead atoms. The molecule has 1 rings (SSSR count). The topological polar surface area (TPSA) is 112 Å². The molecule has 0 unspecified atom stereocenters. The van der Waals surface area contributed by atoms with Crippen molar-refractivity contribution < 1.29 is 5.03 Å². The second-order valence-corrected chi connectivity index (χ2v) is 1.94. The van der Waals surface area contributed by atoms with Gasteiger partial charge in [0.25, 0.3) is 5.96 Å². The molecule has 0 fully saturated rings. The van der Waals surface area contributed by atoms with Crippen LogP contribution in [0.2, 0.25) is 0 Å². The second kappa shape index (κ2) is 3.46.